The van der Waals surface area contributed by atoms with Crippen molar-refractivity contribution in [1.82, 2.24) is 9.55 Å². The fourth-order valence-electron chi connectivity index (χ4n) is 2.30. The molecular formula is C16H16ClN3. The van der Waals surface area contributed by atoms with Crippen molar-refractivity contribution in [1.29, 1.82) is 0 Å². The number of aryl methyl sites for hydroxylation is 1. The molecule has 1 heterocycles. The lowest BCUT2D eigenvalue weighted by Crippen LogP contribution is -2.10. The first kappa shape index (κ1) is 13.0. The topological polar surface area (TPSA) is 29.9 Å². The summed E-state index contributed by atoms with van der Waals surface area (Å²) in [6.45, 7) is 2.11. The van der Waals surface area contributed by atoms with E-state index >= 15 is 0 Å². The van der Waals surface area contributed by atoms with E-state index in [4.69, 9.17) is 11.6 Å². The summed E-state index contributed by atoms with van der Waals surface area (Å²) in [5.74, 6) is 0.869. The van der Waals surface area contributed by atoms with Crippen LogP contribution in [-0.4, -0.2) is 9.55 Å². The summed E-state index contributed by atoms with van der Waals surface area (Å²) in [5, 5.41) is 4.20. The van der Waals surface area contributed by atoms with Gasteiger partial charge in [-0.2, -0.15) is 0 Å². The van der Waals surface area contributed by atoms with Crippen LogP contribution in [0.4, 0.5) is 5.95 Å². The zero-order chi connectivity index (χ0) is 14.1. The van der Waals surface area contributed by atoms with Crippen LogP contribution in [0, 0.1) is 0 Å². The van der Waals surface area contributed by atoms with Gasteiger partial charge in [0.25, 0.3) is 0 Å². The quantitative estimate of drug-likeness (QED) is 0.773. The number of anilines is 1. The predicted molar refractivity (Wildman–Crippen MR) is 84.2 cm³/mol. The van der Waals surface area contributed by atoms with Crippen LogP contribution in [-0.2, 0) is 7.05 Å². The SMILES string of the molecule is CC(Nc1nc2ccccc2n1C)c1ccc(Cl)cc1. The van der Waals surface area contributed by atoms with Crippen LogP contribution >= 0.6 is 11.6 Å². The molecular weight excluding hydrogens is 270 g/mol. The Labute approximate surface area is 123 Å². The Bertz CT molecular complexity index is 731. The molecule has 20 heavy (non-hydrogen) atoms. The Balaban J connectivity index is 1.89. The van der Waals surface area contributed by atoms with Gasteiger partial charge in [-0.05, 0) is 36.8 Å². The van der Waals surface area contributed by atoms with Crippen LogP contribution in [0.25, 0.3) is 11.0 Å². The molecule has 0 aliphatic carbocycles. The van der Waals surface area contributed by atoms with Gasteiger partial charge in [-0.3, -0.25) is 0 Å². The highest BCUT2D eigenvalue weighted by molar-refractivity contribution is 6.30. The van der Waals surface area contributed by atoms with Gasteiger partial charge < -0.3 is 9.88 Å². The van der Waals surface area contributed by atoms with Gasteiger partial charge in [0.05, 0.1) is 17.1 Å². The van der Waals surface area contributed by atoms with Crippen molar-refractivity contribution in [2.45, 2.75) is 13.0 Å². The minimum atomic E-state index is 0.169. The molecule has 0 fully saturated rings. The smallest absolute Gasteiger partial charge is 0.204 e. The number of para-hydroxylation sites is 2. The zero-order valence-corrected chi connectivity index (χ0v) is 12.2. The summed E-state index contributed by atoms with van der Waals surface area (Å²) in [6.07, 6.45) is 0. The fraction of sp³-hybridized carbons (Fsp3) is 0.188. The third kappa shape index (κ3) is 2.37. The van der Waals surface area contributed by atoms with Crippen LogP contribution in [0.15, 0.2) is 48.5 Å². The second kappa shape index (κ2) is 5.17. The normalized spacial score (nSPS) is 12.6. The summed E-state index contributed by atoms with van der Waals surface area (Å²) in [7, 11) is 2.02. The lowest BCUT2D eigenvalue weighted by molar-refractivity contribution is 0.832. The Morgan fingerprint density at radius 3 is 2.50 bits per heavy atom. The Morgan fingerprint density at radius 1 is 1.10 bits per heavy atom. The molecule has 0 radical (unpaired) electrons. The molecule has 0 amide bonds. The number of nitrogens with zero attached hydrogens (tertiary/aromatic N) is 2. The molecule has 0 saturated carbocycles. The second-order valence-corrected chi connectivity index (χ2v) is 5.34. The van der Waals surface area contributed by atoms with Crippen molar-refractivity contribution in [2.24, 2.45) is 7.05 Å². The van der Waals surface area contributed by atoms with Gasteiger partial charge in [0.1, 0.15) is 0 Å². The molecule has 3 aromatic rings. The second-order valence-electron chi connectivity index (χ2n) is 4.90. The van der Waals surface area contributed by atoms with E-state index in [0.29, 0.717) is 0 Å². The van der Waals surface area contributed by atoms with E-state index in [1.54, 1.807) is 0 Å². The lowest BCUT2D eigenvalue weighted by atomic mass is 10.1. The van der Waals surface area contributed by atoms with Gasteiger partial charge in [-0.1, -0.05) is 35.9 Å². The largest absolute Gasteiger partial charge is 0.349 e. The highest BCUT2D eigenvalue weighted by Gasteiger charge is 2.11. The number of hydrogen-bond acceptors (Lipinski definition) is 2. The number of benzene rings is 2. The van der Waals surface area contributed by atoms with Gasteiger partial charge in [-0.25, -0.2) is 4.98 Å². The summed E-state index contributed by atoms with van der Waals surface area (Å²) in [4.78, 5) is 4.62. The van der Waals surface area contributed by atoms with Crippen molar-refractivity contribution in [2.75, 3.05) is 5.32 Å². The Hall–Kier alpha value is -2.00. The first-order valence-electron chi connectivity index (χ1n) is 6.58. The maximum atomic E-state index is 5.92. The number of aromatic nitrogens is 2. The number of halogens is 1. The van der Waals surface area contributed by atoms with Crippen LogP contribution in [0.1, 0.15) is 18.5 Å². The van der Waals surface area contributed by atoms with Gasteiger partial charge in [0.2, 0.25) is 5.95 Å². The lowest BCUT2D eigenvalue weighted by Gasteiger charge is -2.15. The molecule has 1 atom stereocenters. The molecule has 1 aromatic heterocycles. The highest BCUT2D eigenvalue weighted by Crippen LogP contribution is 2.23. The van der Waals surface area contributed by atoms with E-state index in [1.807, 2.05) is 49.5 Å². The minimum absolute atomic E-state index is 0.169. The first-order valence-corrected chi connectivity index (χ1v) is 6.96. The van der Waals surface area contributed by atoms with Crippen molar-refractivity contribution in [3.8, 4) is 0 Å². The molecule has 3 rings (SSSR count). The monoisotopic (exact) mass is 285 g/mol. The van der Waals surface area contributed by atoms with Crippen LogP contribution in [0.5, 0.6) is 0 Å². The maximum absolute atomic E-state index is 5.92. The number of imidazole rings is 1. The van der Waals surface area contributed by atoms with Crippen molar-refractivity contribution < 1.29 is 0 Å². The summed E-state index contributed by atoms with van der Waals surface area (Å²) < 4.78 is 2.07. The predicted octanol–water partition coefficient (Wildman–Crippen LogP) is 4.40. The average molecular weight is 286 g/mol. The van der Waals surface area contributed by atoms with E-state index < -0.39 is 0 Å². The van der Waals surface area contributed by atoms with E-state index in [-0.39, 0.29) is 6.04 Å². The summed E-state index contributed by atoms with van der Waals surface area (Å²) >= 11 is 5.92. The minimum Gasteiger partial charge on any atom is -0.349 e. The molecule has 0 aliphatic rings. The average Bonchev–Trinajstić information content (AvgIpc) is 2.77. The van der Waals surface area contributed by atoms with Gasteiger partial charge in [0.15, 0.2) is 0 Å². The van der Waals surface area contributed by atoms with Crippen LogP contribution in [0.3, 0.4) is 0 Å². The van der Waals surface area contributed by atoms with E-state index in [1.165, 1.54) is 5.56 Å². The molecule has 3 nitrogen and oxygen atoms in total. The van der Waals surface area contributed by atoms with Gasteiger partial charge >= 0.3 is 0 Å². The fourth-order valence-corrected chi connectivity index (χ4v) is 2.43. The standard InChI is InChI=1S/C16H16ClN3/c1-11(12-7-9-13(17)10-8-12)18-16-19-14-5-3-4-6-15(14)20(16)2/h3-11H,1-2H3,(H,18,19). The molecule has 0 spiro atoms. The van der Waals surface area contributed by atoms with Crippen molar-refractivity contribution >= 4 is 28.6 Å². The molecule has 102 valence electrons. The third-order valence-electron chi connectivity index (χ3n) is 3.50. The Kier molecular flexibility index (Phi) is 3.36. The number of fused-ring (bicyclic) bond motifs is 1. The molecule has 1 unspecified atom stereocenters. The summed E-state index contributed by atoms with van der Waals surface area (Å²) in [6, 6.07) is 16.2. The zero-order valence-electron chi connectivity index (χ0n) is 11.5. The number of nitrogens with one attached hydrogen (secondary N) is 1. The van der Waals surface area contributed by atoms with E-state index in [0.717, 1.165) is 22.0 Å². The molecule has 0 bridgehead atoms. The van der Waals surface area contributed by atoms with E-state index in [2.05, 4.69) is 27.9 Å². The van der Waals surface area contributed by atoms with Gasteiger partial charge in [-0.15, -0.1) is 0 Å². The summed E-state index contributed by atoms with van der Waals surface area (Å²) in [5.41, 5.74) is 3.31. The molecule has 1 N–H and O–H groups in total. The van der Waals surface area contributed by atoms with Crippen LogP contribution < -0.4 is 5.32 Å². The van der Waals surface area contributed by atoms with Crippen LogP contribution in [0.2, 0.25) is 5.02 Å². The maximum Gasteiger partial charge on any atom is 0.204 e. The third-order valence-corrected chi connectivity index (χ3v) is 3.75. The van der Waals surface area contributed by atoms with Crippen molar-refractivity contribution in [3.63, 3.8) is 0 Å². The Morgan fingerprint density at radius 2 is 1.80 bits per heavy atom. The molecule has 2 aromatic carbocycles. The molecule has 4 heteroatoms. The van der Waals surface area contributed by atoms with E-state index in [9.17, 15) is 0 Å². The molecule has 0 aliphatic heterocycles. The first-order chi connectivity index (χ1) is 9.65. The highest BCUT2D eigenvalue weighted by atomic mass is 35.5. The number of hydrogen-bond donors (Lipinski definition) is 1. The molecule has 0 saturated heterocycles. The van der Waals surface area contributed by atoms with Crippen molar-refractivity contribution in [3.05, 3.63) is 59.1 Å². The van der Waals surface area contributed by atoms with Gasteiger partial charge in [0, 0.05) is 12.1 Å². The number of rotatable bonds is 3.